The van der Waals surface area contributed by atoms with E-state index in [1.54, 1.807) is 4.90 Å². The molecule has 7 nitrogen and oxygen atoms in total. The topological polar surface area (TPSA) is 106 Å². The van der Waals surface area contributed by atoms with Gasteiger partial charge < -0.3 is 25.4 Å². The first-order valence-electron chi connectivity index (χ1n) is 14.2. The predicted molar refractivity (Wildman–Crippen MR) is 146 cm³/mol. The summed E-state index contributed by atoms with van der Waals surface area (Å²) in [5.41, 5.74) is 2.43. The molecule has 0 saturated heterocycles. The SMILES string of the molecule is CC(C)CC(O)C(O)C(CC1CCCCC1)NC(=O)C(CC(C)C)N1Cc2c([nH]c3ccccc23)C1=O. The van der Waals surface area contributed by atoms with E-state index in [-0.39, 0.29) is 23.7 Å². The molecule has 0 bridgehead atoms. The third kappa shape index (κ3) is 6.37. The number of H-pyrrole nitrogens is 1. The van der Waals surface area contributed by atoms with E-state index in [1.807, 2.05) is 38.1 Å². The molecule has 4 rings (SSSR count). The number of carbonyl (C=O) groups is 2. The molecule has 1 aliphatic carbocycles. The van der Waals surface area contributed by atoms with Gasteiger partial charge in [-0.2, -0.15) is 0 Å². The van der Waals surface area contributed by atoms with Gasteiger partial charge >= 0.3 is 0 Å². The summed E-state index contributed by atoms with van der Waals surface area (Å²) >= 11 is 0. The number of aliphatic hydroxyl groups excluding tert-OH is 2. The van der Waals surface area contributed by atoms with Crippen molar-refractivity contribution in [2.24, 2.45) is 17.8 Å². The summed E-state index contributed by atoms with van der Waals surface area (Å²) in [6, 6.07) is 6.68. The van der Waals surface area contributed by atoms with Crippen LogP contribution < -0.4 is 5.32 Å². The minimum absolute atomic E-state index is 0.156. The molecule has 2 aromatic rings. The lowest BCUT2D eigenvalue weighted by molar-refractivity contribution is -0.129. The molecule has 1 aliphatic heterocycles. The van der Waals surface area contributed by atoms with E-state index >= 15 is 0 Å². The van der Waals surface area contributed by atoms with Gasteiger partial charge in [0, 0.05) is 23.0 Å². The molecule has 204 valence electrons. The van der Waals surface area contributed by atoms with E-state index in [0.717, 1.165) is 29.3 Å². The Bertz CT molecular complexity index is 1070. The zero-order chi connectivity index (χ0) is 26.7. The number of aromatic nitrogens is 1. The van der Waals surface area contributed by atoms with Gasteiger partial charge in [0.05, 0.1) is 12.1 Å². The lowest BCUT2D eigenvalue weighted by Crippen LogP contribution is -2.55. The fourth-order valence-corrected chi connectivity index (χ4v) is 6.24. The minimum atomic E-state index is -1.04. The van der Waals surface area contributed by atoms with Crippen molar-refractivity contribution in [2.45, 2.75) is 110 Å². The molecular formula is C30H45N3O4. The quantitative estimate of drug-likeness (QED) is 0.349. The summed E-state index contributed by atoms with van der Waals surface area (Å²) in [5.74, 6) is 0.454. The van der Waals surface area contributed by atoms with Gasteiger partial charge in [0.25, 0.3) is 5.91 Å². The predicted octanol–water partition coefficient (Wildman–Crippen LogP) is 4.76. The molecule has 0 spiro atoms. The highest BCUT2D eigenvalue weighted by molar-refractivity contribution is 6.05. The third-order valence-corrected chi connectivity index (χ3v) is 8.15. The molecule has 1 fully saturated rings. The fourth-order valence-electron chi connectivity index (χ4n) is 6.24. The Kier molecular flexibility index (Phi) is 8.96. The summed E-state index contributed by atoms with van der Waals surface area (Å²) < 4.78 is 0. The van der Waals surface area contributed by atoms with Crippen LogP contribution in [0, 0.1) is 17.8 Å². The lowest BCUT2D eigenvalue weighted by Gasteiger charge is -2.35. The Hall–Kier alpha value is -2.38. The summed E-state index contributed by atoms with van der Waals surface area (Å²) in [4.78, 5) is 32.3. The van der Waals surface area contributed by atoms with E-state index in [9.17, 15) is 19.8 Å². The van der Waals surface area contributed by atoms with Gasteiger partial charge in [-0.05, 0) is 43.1 Å². The molecule has 37 heavy (non-hydrogen) atoms. The van der Waals surface area contributed by atoms with Crippen LogP contribution in [-0.2, 0) is 11.3 Å². The number of carbonyl (C=O) groups excluding carboxylic acids is 2. The highest BCUT2D eigenvalue weighted by Crippen LogP contribution is 2.33. The van der Waals surface area contributed by atoms with Crippen LogP contribution in [0.15, 0.2) is 24.3 Å². The van der Waals surface area contributed by atoms with E-state index < -0.39 is 24.3 Å². The Labute approximate surface area is 221 Å². The van der Waals surface area contributed by atoms with Crippen molar-refractivity contribution in [1.82, 2.24) is 15.2 Å². The third-order valence-electron chi connectivity index (χ3n) is 8.15. The van der Waals surface area contributed by atoms with Crippen molar-refractivity contribution >= 4 is 22.7 Å². The van der Waals surface area contributed by atoms with E-state index in [4.69, 9.17) is 0 Å². The first kappa shape index (κ1) is 27.6. The van der Waals surface area contributed by atoms with Crippen LogP contribution in [0.3, 0.4) is 0 Å². The van der Waals surface area contributed by atoms with E-state index in [1.165, 1.54) is 19.3 Å². The Balaban J connectivity index is 1.55. The number of amides is 2. The largest absolute Gasteiger partial charge is 0.390 e. The van der Waals surface area contributed by atoms with Crippen LogP contribution in [0.4, 0.5) is 0 Å². The van der Waals surface area contributed by atoms with Crippen molar-refractivity contribution in [1.29, 1.82) is 0 Å². The van der Waals surface area contributed by atoms with Gasteiger partial charge in [0.2, 0.25) is 5.91 Å². The average Bonchev–Trinajstić information content (AvgIpc) is 3.38. The monoisotopic (exact) mass is 511 g/mol. The second kappa shape index (κ2) is 12.0. The molecule has 4 N–H and O–H groups in total. The highest BCUT2D eigenvalue weighted by atomic mass is 16.3. The first-order valence-corrected chi connectivity index (χ1v) is 14.2. The highest BCUT2D eigenvalue weighted by Gasteiger charge is 2.40. The van der Waals surface area contributed by atoms with Gasteiger partial charge in [-0.15, -0.1) is 0 Å². The van der Waals surface area contributed by atoms with Crippen molar-refractivity contribution in [3.63, 3.8) is 0 Å². The molecule has 1 aromatic heterocycles. The van der Waals surface area contributed by atoms with Crippen molar-refractivity contribution in [2.75, 3.05) is 0 Å². The standard InChI is InChI=1S/C30H45N3O4/c1-18(2)14-25(33-17-22-21-12-8-9-13-23(21)31-27(22)30(33)37)29(36)32-24(16-20-10-6-5-7-11-20)28(35)26(34)15-19(3)4/h8-9,12-13,18-20,24-26,28,31,34-35H,5-7,10-11,14-17H2,1-4H3,(H,32,36). The number of nitrogens with one attached hydrogen (secondary N) is 2. The maximum Gasteiger partial charge on any atom is 0.271 e. The number of rotatable bonds is 11. The molecule has 4 unspecified atom stereocenters. The van der Waals surface area contributed by atoms with Crippen LogP contribution in [0.5, 0.6) is 0 Å². The van der Waals surface area contributed by atoms with Crippen LogP contribution in [0.25, 0.3) is 10.9 Å². The van der Waals surface area contributed by atoms with Crippen molar-refractivity contribution in [3.05, 3.63) is 35.5 Å². The van der Waals surface area contributed by atoms with Gasteiger partial charge in [0.15, 0.2) is 0 Å². The molecule has 4 atom stereocenters. The second-order valence-electron chi connectivity index (χ2n) is 12.1. The van der Waals surface area contributed by atoms with Crippen molar-refractivity contribution in [3.8, 4) is 0 Å². The molecule has 2 heterocycles. The van der Waals surface area contributed by atoms with Gasteiger partial charge in [-0.3, -0.25) is 9.59 Å². The number of benzene rings is 1. The summed E-state index contributed by atoms with van der Waals surface area (Å²) in [6.07, 6.45) is 5.43. The Morgan fingerprint density at radius 1 is 1.05 bits per heavy atom. The summed E-state index contributed by atoms with van der Waals surface area (Å²) in [7, 11) is 0. The van der Waals surface area contributed by atoms with E-state index in [2.05, 4.69) is 24.1 Å². The average molecular weight is 512 g/mol. The van der Waals surface area contributed by atoms with E-state index in [0.29, 0.717) is 37.4 Å². The maximum atomic E-state index is 13.8. The molecule has 2 amide bonds. The molecule has 2 aliphatic rings. The summed E-state index contributed by atoms with van der Waals surface area (Å²) in [6.45, 7) is 8.52. The molecule has 1 aromatic carbocycles. The van der Waals surface area contributed by atoms with Gasteiger partial charge in [-0.1, -0.05) is 78.0 Å². The molecule has 7 heteroatoms. The van der Waals surface area contributed by atoms with Crippen LogP contribution in [0.2, 0.25) is 0 Å². The number of fused-ring (bicyclic) bond motifs is 3. The van der Waals surface area contributed by atoms with Crippen LogP contribution >= 0.6 is 0 Å². The lowest BCUT2D eigenvalue weighted by atomic mass is 9.82. The summed E-state index contributed by atoms with van der Waals surface area (Å²) in [5, 5.41) is 26.1. The van der Waals surface area contributed by atoms with Crippen LogP contribution in [-0.4, -0.2) is 56.2 Å². The number of aromatic amines is 1. The molecule has 0 radical (unpaired) electrons. The zero-order valence-corrected chi connectivity index (χ0v) is 22.9. The number of aliphatic hydroxyl groups is 2. The molecule has 1 saturated carbocycles. The second-order valence-corrected chi connectivity index (χ2v) is 12.1. The minimum Gasteiger partial charge on any atom is -0.390 e. The molecular weight excluding hydrogens is 466 g/mol. The number of para-hydroxylation sites is 1. The van der Waals surface area contributed by atoms with Gasteiger partial charge in [0.1, 0.15) is 17.8 Å². The Morgan fingerprint density at radius 3 is 2.41 bits per heavy atom. The number of nitrogens with zero attached hydrogens (tertiary/aromatic N) is 1. The normalized spacial score (nSPS) is 19.9. The fraction of sp³-hybridized carbons (Fsp3) is 0.667. The zero-order valence-electron chi connectivity index (χ0n) is 22.9. The Morgan fingerprint density at radius 2 is 1.73 bits per heavy atom. The van der Waals surface area contributed by atoms with Crippen molar-refractivity contribution < 1.29 is 19.8 Å². The maximum absolute atomic E-state index is 13.8. The number of hydrogen-bond donors (Lipinski definition) is 4. The van der Waals surface area contributed by atoms with Gasteiger partial charge in [-0.25, -0.2) is 0 Å². The first-order chi connectivity index (χ1) is 17.7. The smallest absolute Gasteiger partial charge is 0.271 e. The number of hydrogen-bond acceptors (Lipinski definition) is 4. The van der Waals surface area contributed by atoms with Crippen LogP contribution in [0.1, 0.15) is 95.1 Å².